The Balaban J connectivity index is 1.97. The molecule has 0 bridgehead atoms. The molecule has 142 valence electrons. The summed E-state index contributed by atoms with van der Waals surface area (Å²) in [5.74, 6) is 1.15. The molecule has 1 heterocycles. The van der Waals surface area contributed by atoms with Crippen molar-refractivity contribution in [2.45, 2.75) is 65.0 Å². The van der Waals surface area contributed by atoms with E-state index in [1.807, 2.05) is 19.1 Å². The highest BCUT2D eigenvalue weighted by Gasteiger charge is 2.53. The van der Waals surface area contributed by atoms with Gasteiger partial charge in [-0.05, 0) is 49.7 Å². The summed E-state index contributed by atoms with van der Waals surface area (Å²) in [4.78, 5) is 27.7. The van der Waals surface area contributed by atoms with Gasteiger partial charge >= 0.3 is 0 Å². The lowest BCUT2D eigenvalue weighted by Gasteiger charge is -2.48. The summed E-state index contributed by atoms with van der Waals surface area (Å²) in [6.07, 6.45) is 6.12. The van der Waals surface area contributed by atoms with Crippen molar-refractivity contribution in [1.29, 1.82) is 0 Å². The van der Waals surface area contributed by atoms with E-state index in [1.165, 1.54) is 11.3 Å². The molecule has 4 atom stereocenters. The number of carbonyl (C=O) groups excluding carboxylic acids is 2. The van der Waals surface area contributed by atoms with Gasteiger partial charge in [0.05, 0.1) is 11.1 Å². The van der Waals surface area contributed by atoms with Crippen LogP contribution in [0, 0.1) is 17.8 Å². The predicted molar refractivity (Wildman–Crippen MR) is 102 cm³/mol. The largest absolute Gasteiger partial charge is 0.358 e. The van der Waals surface area contributed by atoms with E-state index in [2.05, 4.69) is 13.8 Å². The van der Waals surface area contributed by atoms with Crippen LogP contribution in [-0.4, -0.2) is 29.5 Å². The molecule has 1 aromatic rings. The third kappa shape index (κ3) is 2.79. The summed E-state index contributed by atoms with van der Waals surface area (Å²) >= 11 is 0. The SMILES string of the molecule is CCC1CCC(C(CC)(OC)N2C(=O)c3ccccc3C2=O)CC1CC. The van der Waals surface area contributed by atoms with Crippen molar-refractivity contribution in [3.8, 4) is 0 Å². The Hall–Kier alpha value is -1.68. The maximum atomic E-state index is 13.1. The summed E-state index contributed by atoms with van der Waals surface area (Å²) in [5.41, 5.74) is 0.155. The summed E-state index contributed by atoms with van der Waals surface area (Å²) < 4.78 is 6.03. The Bertz CT molecular complexity index is 645. The third-order valence-corrected chi connectivity index (χ3v) is 6.86. The molecule has 0 radical (unpaired) electrons. The second kappa shape index (κ2) is 7.51. The van der Waals surface area contributed by atoms with Gasteiger partial charge in [0.25, 0.3) is 11.8 Å². The second-order valence-corrected chi connectivity index (χ2v) is 7.74. The number of carbonyl (C=O) groups is 2. The summed E-state index contributed by atoms with van der Waals surface area (Å²) in [6, 6.07) is 7.12. The van der Waals surface area contributed by atoms with Crippen molar-refractivity contribution in [3.63, 3.8) is 0 Å². The molecule has 1 aliphatic carbocycles. The van der Waals surface area contributed by atoms with Crippen molar-refractivity contribution in [3.05, 3.63) is 35.4 Å². The molecule has 2 amide bonds. The van der Waals surface area contributed by atoms with Crippen LogP contribution in [0.3, 0.4) is 0 Å². The van der Waals surface area contributed by atoms with Crippen molar-refractivity contribution in [1.82, 2.24) is 4.90 Å². The van der Waals surface area contributed by atoms with Crippen LogP contribution in [0.4, 0.5) is 0 Å². The van der Waals surface area contributed by atoms with E-state index in [0.717, 1.165) is 31.6 Å². The van der Waals surface area contributed by atoms with Gasteiger partial charge in [0.15, 0.2) is 5.72 Å². The minimum absolute atomic E-state index is 0.187. The highest BCUT2D eigenvalue weighted by Crippen LogP contribution is 2.47. The molecule has 0 spiro atoms. The lowest BCUT2D eigenvalue weighted by Crippen LogP contribution is -2.58. The number of imide groups is 1. The lowest BCUT2D eigenvalue weighted by atomic mass is 9.68. The number of amides is 2. The van der Waals surface area contributed by atoms with Crippen LogP contribution in [0.25, 0.3) is 0 Å². The normalized spacial score (nSPS) is 28.2. The fourth-order valence-corrected chi connectivity index (χ4v) is 5.34. The number of fused-ring (bicyclic) bond motifs is 1. The fraction of sp³-hybridized carbons (Fsp3) is 0.636. The monoisotopic (exact) mass is 357 g/mol. The molecule has 1 fully saturated rings. The minimum atomic E-state index is -0.848. The fourth-order valence-electron chi connectivity index (χ4n) is 5.34. The molecule has 1 aliphatic heterocycles. The van der Waals surface area contributed by atoms with Crippen LogP contribution < -0.4 is 0 Å². The summed E-state index contributed by atoms with van der Waals surface area (Å²) in [5, 5.41) is 0. The van der Waals surface area contributed by atoms with Crippen molar-refractivity contribution in [2.75, 3.05) is 7.11 Å². The number of methoxy groups -OCH3 is 1. The molecule has 2 aliphatic rings. The average Bonchev–Trinajstić information content (AvgIpc) is 2.95. The van der Waals surface area contributed by atoms with Crippen LogP contribution in [0.1, 0.15) is 80.0 Å². The van der Waals surface area contributed by atoms with Gasteiger partial charge in [-0.25, -0.2) is 4.90 Å². The standard InChI is InChI=1S/C22H31NO3/c1-5-15-12-13-17(14-16(15)6-2)22(7-3,26-4)23-20(24)18-10-8-9-11-19(18)21(23)25/h8-11,15-17H,5-7,12-14H2,1-4H3. The zero-order chi connectivity index (χ0) is 18.9. The molecule has 26 heavy (non-hydrogen) atoms. The molecule has 1 aromatic carbocycles. The van der Waals surface area contributed by atoms with Crippen LogP contribution in [0.15, 0.2) is 24.3 Å². The third-order valence-electron chi connectivity index (χ3n) is 6.86. The van der Waals surface area contributed by atoms with E-state index in [4.69, 9.17) is 4.74 Å². The van der Waals surface area contributed by atoms with Crippen molar-refractivity contribution < 1.29 is 14.3 Å². The Morgan fingerprint density at radius 2 is 1.58 bits per heavy atom. The minimum Gasteiger partial charge on any atom is -0.358 e. The topological polar surface area (TPSA) is 46.6 Å². The Labute approximate surface area is 156 Å². The number of ether oxygens (including phenoxy) is 1. The Morgan fingerprint density at radius 3 is 2.04 bits per heavy atom. The number of benzene rings is 1. The highest BCUT2D eigenvalue weighted by molar-refractivity contribution is 6.21. The van der Waals surface area contributed by atoms with E-state index in [1.54, 1.807) is 19.2 Å². The van der Waals surface area contributed by atoms with Crippen molar-refractivity contribution >= 4 is 11.8 Å². The van der Waals surface area contributed by atoms with E-state index >= 15 is 0 Å². The van der Waals surface area contributed by atoms with Gasteiger partial charge in [0.1, 0.15) is 0 Å². The van der Waals surface area contributed by atoms with Gasteiger partial charge in [0.2, 0.25) is 0 Å². The predicted octanol–water partition coefficient (Wildman–Crippen LogP) is 4.89. The average molecular weight is 357 g/mol. The molecule has 3 rings (SSSR count). The maximum Gasteiger partial charge on any atom is 0.263 e. The second-order valence-electron chi connectivity index (χ2n) is 7.74. The zero-order valence-corrected chi connectivity index (χ0v) is 16.5. The van der Waals surface area contributed by atoms with Crippen LogP contribution in [-0.2, 0) is 4.74 Å². The van der Waals surface area contributed by atoms with Gasteiger partial charge in [0, 0.05) is 13.0 Å². The quantitative estimate of drug-likeness (QED) is 0.681. The number of nitrogens with zero attached hydrogens (tertiary/aromatic N) is 1. The van der Waals surface area contributed by atoms with Gasteiger partial charge in [-0.1, -0.05) is 45.7 Å². The molecule has 4 nitrogen and oxygen atoms in total. The molecule has 4 unspecified atom stereocenters. The van der Waals surface area contributed by atoms with Crippen molar-refractivity contribution in [2.24, 2.45) is 17.8 Å². The molecule has 0 N–H and O–H groups in total. The number of hydrogen-bond acceptors (Lipinski definition) is 3. The molecule has 0 saturated heterocycles. The van der Waals surface area contributed by atoms with Gasteiger partial charge in [-0.2, -0.15) is 0 Å². The van der Waals surface area contributed by atoms with Gasteiger partial charge in [-0.3, -0.25) is 9.59 Å². The molecular weight excluding hydrogens is 326 g/mol. The molecule has 1 saturated carbocycles. The molecular formula is C22H31NO3. The maximum absolute atomic E-state index is 13.1. The van der Waals surface area contributed by atoms with E-state index < -0.39 is 5.72 Å². The smallest absolute Gasteiger partial charge is 0.263 e. The first-order valence-electron chi connectivity index (χ1n) is 10.1. The lowest BCUT2D eigenvalue weighted by molar-refractivity contribution is -0.154. The Kier molecular flexibility index (Phi) is 5.52. The van der Waals surface area contributed by atoms with Crippen LogP contribution in [0.2, 0.25) is 0 Å². The first kappa shape index (κ1) is 19.1. The van der Waals surface area contributed by atoms with Crippen LogP contribution in [0.5, 0.6) is 0 Å². The van der Waals surface area contributed by atoms with Gasteiger partial charge in [-0.15, -0.1) is 0 Å². The number of hydrogen-bond donors (Lipinski definition) is 0. The Morgan fingerprint density at radius 1 is 1.00 bits per heavy atom. The first-order chi connectivity index (χ1) is 12.5. The van der Waals surface area contributed by atoms with E-state index in [9.17, 15) is 9.59 Å². The molecule has 4 heteroatoms. The first-order valence-corrected chi connectivity index (χ1v) is 10.1. The molecule has 0 aromatic heterocycles. The van der Waals surface area contributed by atoms with E-state index in [0.29, 0.717) is 23.5 Å². The van der Waals surface area contributed by atoms with E-state index in [-0.39, 0.29) is 17.7 Å². The van der Waals surface area contributed by atoms with Crippen LogP contribution >= 0.6 is 0 Å². The van der Waals surface area contributed by atoms with Gasteiger partial charge < -0.3 is 4.74 Å². The number of rotatable bonds is 6. The summed E-state index contributed by atoms with van der Waals surface area (Å²) in [7, 11) is 1.65. The zero-order valence-electron chi connectivity index (χ0n) is 16.5. The summed E-state index contributed by atoms with van der Waals surface area (Å²) in [6.45, 7) is 6.54. The highest BCUT2D eigenvalue weighted by atomic mass is 16.5.